The van der Waals surface area contributed by atoms with Gasteiger partial charge in [0, 0.05) is 30.8 Å². The minimum Gasteiger partial charge on any atom is -0.471 e. The highest BCUT2D eigenvalue weighted by Gasteiger charge is 2.62. The van der Waals surface area contributed by atoms with Crippen molar-refractivity contribution in [3.05, 3.63) is 66.1 Å². The van der Waals surface area contributed by atoms with E-state index < -0.39 is 74.4 Å². The smallest absolute Gasteiger partial charge is 0.272 e. The van der Waals surface area contributed by atoms with Gasteiger partial charge in [-0.25, -0.2) is 27.8 Å². The zero-order valence-electron chi connectivity index (χ0n) is 29.2. The van der Waals surface area contributed by atoms with Gasteiger partial charge in [-0.2, -0.15) is 0 Å². The Bertz CT molecular complexity index is 2060. The lowest BCUT2D eigenvalue weighted by Gasteiger charge is -2.29. The van der Waals surface area contributed by atoms with Gasteiger partial charge in [0.1, 0.15) is 40.9 Å². The summed E-state index contributed by atoms with van der Waals surface area (Å²) >= 11 is 0. The number of hydrogen-bond acceptors (Lipinski definition) is 11. The molecule has 0 spiro atoms. The molecule has 5 atom stereocenters. The summed E-state index contributed by atoms with van der Waals surface area (Å²) in [6, 6.07) is 1.84. The molecule has 15 nitrogen and oxygen atoms in total. The molecule has 4 amide bonds. The van der Waals surface area contributed by atoms with Crippen molar-refractivity contribution in [3.63, 3.8) is 0 Å². The lowest BCUT2D eigenvalue weighted by molar-refractivity contribution is -0.141. The highest BCUT2D eigenvalue weighted by atomic mass is 32.2. The second-order valence-corrected chi connectivity index (χ2v) is 16.0. The Hall–Kier alpha value is -5.06. The Labute approximate surface area is 305 Å². The number of allylic oxidation sites excluding steroid dienone is 1. The largest absolute Gasteiger partial charge is 0.471 e. The van der Waals surface area contributed by atoms with E-state index in [-0.39, 0.29) is 42.9 Å². The second kappa shape index (κ2) is 14.8. The average Bonchev–Trinajstić information content (AvgIpc) is 4.07. The molecule has 0 bridgehead atoms. The molecule has 53 heavy (non-hydrogen) atoms. The van der Waals surface area contributed by atoms with Gasteiger partial charge in [-0.05, 0) is 57.1 Å². The quantitative estimate of drug-likeness (QED) is 0.285. The molecule has 280 valence electrons. The first-order valence-corrected chi connectivity index (χ1v) is 19.6. The van der Waals surface area contributed by atoms with Crippen LogP contribution in [0.3, 0.4) is 0 Å². The highest BCUT2D eigenvalue weighted by Crippen LogP contribution is 2.46. The van der Waals surface area contributed by atoms with Crippen molar-refractivity contribution in [3.8, 4) is 5.88 Å². The second-order valence-electron chi connectivity index (χ2n) is 14.1. The number of sulfonamides is 1. The molecular weight excluding hydrogens is 708 g/mol. The molecule has 2 aliphatic carbocycles. The van der Waals surface area contributed by atoms with E-state index in [4.69, 9.17) is 4.74 Å². The number of nitrogens with one attached hydrogen (secondary N) is 3. The number of benzene rings is 1. The van der Waals surface area contributed by atoms with Crippen LogP contribution < -0.4 is 20.1 Å². The molecule has 2 aromatic heterocycles. The van der Waals surface area contributed by atoms with Crippen LogP contribution in [-0.4, -0.2) is 92.4 Å². The number of hydrogen-bond donors (Lipinski definition) is 3. The SMILES string of the molecule is CCc1nc2ccc(F)cc2nc1O[C@@H]1C[C@H]2C(=O)N[C@]3(C(=O)NS(=O)(=O)C4CC4)CC3/C=C\CCCCC[C@H](NC(=O)c3cnccn3)C(=O)N2C1. The van der Waals surface area contributed by atoms with Gasteiger partial charge in [0.25, 0.3) is 11.8 Å². The number of fused-ring (bicyclic) bond motifs is 3. The lowest BCUT2D eigenvalue weighted by atomic mass is 10.0. The van der Waals surface area contributed by atoms with E-state index in [1.807, 2.05) is 19.1 Å². The third-order valence-corrected chi connectivity index (χ3v) is 12.0. The van der Waals surface area contributed by atoms with E-state index in [2.05, 4.69) is 35.3 Å². The summed E-state index contributed by atoms with van der Waals surface area (Å²) < 4.78 is 48.2. The van der Waals surface area contributed by atoms with E-state index in [1.54, 1.807) is 0 Å². The first-order chi connectivity index (χ1) is 25.5. The van der Waals surface area contributed by atoms with Gasteiger partial charge >= 0.3 is 0 Å². The van der Waals surface area contributed by atoms with Gasteiger partial charge in [-0.1, -0.05) is 31.9 Å². The summed E-state index contributed by atoms with van der Waals surface area (Å²) in [6.45, 7) is 1.78. The van der Waals surface area contributed by atoms with Gasteiger partial charge in [-0.3, -0.25) is 28.9 Å². The molecule has 4 aliphatic rings. The van der Waals surface area contributed by atoms with Crippen LogP contribution in [-0.2, 0) is 30.8 Å². The van der Waals surface area contributed by atoms with E-state index in [1.165, 1.54) is 41.7 Å². The fraction of sp³-hybridized carbons (Fsp3) is 0.500. The molecule has 4 heterocycles. The molecule has 2 saturated carbocycles. The Morgan fingerprint density at radius 3 is 2.68 bits per heavy atom. The molecule has 7 rings (SSSR count). The van der Waals surface area contributed by atoms with Crippen LogP contribution in [0.1, 0.15) is 80.9 Å². The minimum atomic E-state index is -3.91. The van der Waals surface area contributed by atoms with Gasteiger partial charge in [0.2, 0.25) is 27.7 Å². The van der Waals surface area contributed by atoms with E-state index >= 15 is 0 Å². The zero-order chi connectivity index (χ0) is 37.3. The van der Waals surface area contributed by atoms with Gasteiger partial charge in [0.05, 0.1) is 29.0 Å². The maximum Gasteiger partial charge on any atom is 0.272 e. The number of nitrogens with zero attached hydrogens (tertiary/aromatic N) is 5. The zero-order valence-corrected chi connectivity index (χ0v) is 30.0. The van der Waals surface area contributed by atoms with Crippen LogP contribution in [0, 0.1) is 11.7 Å². The summed E-state index contributed by atoms with van der Waals surface area (Å²) in [5.41, 5.74) is -0.269. The van der Waals surface area contributed by atoms with Gasteiger partial charge < -0.3 is 20.3 Å². The van der Waals surface area contributed by atoms with Gasteiger partial charge in [0.15, 0.2) is 0 Å². The van der Waals surface area contributed by atoms with Crippen LogP contribution in [0.25, 0.3) is 11.0 Å². The number of aryl methyl sites for hydroxylation is 1. The Morgan fingerprint density at radius 2 is 1.92 bits per heavy atom. The average molecular weight is 749 g/mol. The number of carbonyl (C=O) groups excluding carboxylic acids is 4. The van der Waals surface area contributed by atoms with E-state index in [9.17, 15) is 32.0 Å². The highest BCUT2D eigenvalue weighted by molar-refractivity contribution is 7.91. The molecule has 2 aliphatic heterocycles. The van der Waals surface area contributed by atoms with Crippen molar-refractivity contribution in [2.75, 3.05) is 6.54 Å². The van der Waals surface area contributed by atoms with Gasteiger partial charge in [-0.15, -0.1) is 0 Å². The Kier molecular flexibility index (Phi) is 10.1. The van der Waals surface area contributed by atoms with Crippen molar-refractivity contribution in [2.45, 2.75) is 100 Å². The molecule has 1 saturated heterocycles. The summed E-state index contributed by atoms with van der Waals surface area (Å²) in [7, 11) is -3.91. The van der Waals surface area contributed by atoms with Crippen LogP contribution >= 0.6 is 0 Å². The minimum absolute atomic E-state index is 0.0190. The van der Waals surface area contributed by atoms with Crippen molar-refractivity contribution in [2.24, 2.45) is 5.92 Å². The summed E-state index contributed by atoms with van der Waals surface area (Å²) in [6.07, 6.45) is 11.6. The molecular formula is C36H41FN8O7S. The Morgan fingerprint density at radius 1 is 1.09 bits per heavy atom. The topological polar surface area (TPSA) is 203 Å². The Balaban J connectivity index is 1.20. The fourth-order valence-electron chi connectivity index (χ4n) is 7.03. The third-order valence-electron chi connectivity index (χ3n) is 10.2. The van der Waals surface area contributed by atoms with Crippen LogP contribution in [0.4, 0.5) is 4.39 Å². The maximum absolute atomic E-state index is 14.5. The van der Waals surface area contributed by atoms with Crippen molar-refractivity contribution in [1.82, 2.24) is 40.2 Å². The number of amides is 4. The van der Waals surface area contributed by atoms with Crippen molar-refractivity contribution in [1.29, 1.82) is 0 Å². The van der Waals surface area contributed by atoms with E-state index in [0.717, 1.165) is 12.8 Å². The van der Waals surface area contributed by atoms with Crippen LogP contribution in [0.5, 0.6) is 5.88 Å². The molecule has 1 unspecified atom stereocenters. The molecule has 17 heteroatoms. The maximum atomic E-state index is 14.5. The number of ether oxygens (including phenoxy) is 1. The number of carbonyl (C=O) groups is 4. The first kappa shape index (κ1) is 36.3. The standard InChI is InChI=1S/C36H41FN8O7S/c1-2-25-33(42-28-16-22(37)10-13-26(28)40-25)52-23-17-30-32(47)43-36(35(49)44-53(50,51)24-11-12-24)18-21(36)8-6-4-3-5-7-9-27(34(48)45(30)20-23)41-31(46)29-19-38-14-15-39-29/h6,8,10,13-16,19,21,23-24,27,30H,2-5,7,9,11-12,17-18,20H2,1H3,(H,41,46)(H,43,47)(H,44,49)/b8-6-/t21?,23-,27+,30+,36-/m1/s1. The molecule has 1 aromatic carbocycles. The predicted octanol–water partition coefficient (Wildman–Crippen LogP) is 2.27. The lowest BCUT2D eigenvalue weighted by Crippen LogP contribution is -2.58. The summed E-state index contributed by atoms with van der Waals surface area (Å²) in [5.74, 6) is -3.45. The molecule has 0 radical (unpaired) electrons. The molecule has 3 aromatic rings. The summed E-state index contributed by atoms with van der Waals surface area (Å²) in [4.78, 5) is 74.2. The molecule has 3 fully saturated rings. The van der Waals surface area contributed by atoms with Crippen LogP contribution in [0.2, 0.25) is 0 Å². The van der Waals surface area contributed by atoms with Crippen LogP contribution in [0.15, 0.2) is 48.9 Å². The first-order valence-electron chi connectivity index (χ1n) is 18.0. The third kappa shape index (κ3) is 7.84. The monoisotopic (exact) mass is 748 g/mol. The number of rotatable bonds is 8. The predicted molar refractivity (Wildman–Crippen MR) is 188 cm³/mol. The van der Waals surface area contributed by atoms with E-state index in [0.29, 0.717) is 43.3 Å². The molecule has 3 N–H and O–H groups in total. The summed E-state index contributed by atoms with van der Waals surface area (Å²) in [5, 5.41) is 4.98. The number of halogens is 1. The fourth-order valence-corrected chi connectivity index (χ4v) is 8.39. The normalized spacial score (nSPS) is 27.0. The van der Waals surface area contributed by atoms with Crippen molar-refractivity contribution < 1.29 is 36.7 Å². The van der Waals surface area contributed by atoms with Crippen molar-refractivity contribution >= 4 is 44.7 Å². The number of aromatic nitrogens is 4.